The summed E-state index contributed by atoms with van der Waals surface area (Å²) in [6.07, 6.45) is -4.42. The molecule has 1 aliphatic heterocycles. The van der Waals surface area contributed by atoms with Gasteiger partial charge in [-0.25, -0.2) is 0 Å². The topological polar surface area (TPSA) is 39.3 Å². The van der Waals surface area contributed by atoms with Gasteiger partial charge in [-0.05, 0) is 32.2 Å². The van der Waals surface area contributed by atoms with Crippen LogP contribution < -0.4 is 5.43 Å². The Morgan fingerprint density at radius 3 is 2.46 bits per heavy atom. The highest BCUT2D eigenvalue weighted by Gasteiger charge is 2.30. The molecular weight excluding hydrogens is 319 g/mol. The van der Waals surface area contributed by atoms with Crippen LogP contribution in [0.25, 0.3) is 10.9 Å². The molecule has 1 fully saturated rings. The number of aromatic nitrogens is 1. The van der Waals surface area contributed by atoms with Crippen molar-refractivity contribution in [1.29, 1.82) is 0 Å². The maximum atomic E-state index is 12.8. The van der Waals surface area contributed by atoms with E-state index >= 15 is 0 Å². The van der Waals surface area contributed by atoms with E-state index in [9.17, 15) is 18.0 Å². The molecule has 2 aromatic rings. The standard InChI is InChI=1S/C17H20F3N3O/c1-11-14(10-23-7-5-22(2)6-8-23)16(24)13-4-3-12(17(18,19)20)9-15(13)21-11/h3-4,9H,5-8,10H2,1-2H3,(H,21,24). The van der Waals surface area contributed by atoms with Crippen molar-refractivity contribution >= 4 is 10.9 Å². The lowest BCUT2D eigenvalue weighted by Gasteiger charge is -2.32. The number of hydrogen-bond acceptors (Lipinski definition) is 3. The van der Waals surface area contributed by atoms with Crippen molar-refractivity contribution < 1.29 is 13.2 Å². The maximum absolute atomic E-state index is 12.8. The zero-order valence-corrected chi connectivity index (χ0v) is 13.7. The number of likely N-dealkylation sites (N-methyl/N-ethyl adjacent to an activating group) is 1. The summed E-state index contributed by atoms with van der Waals surface area (Å²) < 4.78 is 38.5. The molecule has 7 heteroatoms. The highest BCUT2D eigenvalue weighted by atomic mass is 19.4. The van der Waals surface area contributed by atoms with Gasteiger partial charge in [-0.15, -0.1) is 0 Å². The summed E-state index contributed by atoms with van der Waals surface area (Å²) in [5.74, 6) is 0. The van der Waals surface area contributed by atoms with Crippen LogP contribution in [0.5, 0.6) is 0 Å². The monoisotopic (exact) mass is 339 g/mol. The van der Waals surface area contributed by atoms with Gasteiger partial charge >= 0.3 is 6.18 Å². The van der Waals surface area contributed by atoms with E-state index < -0.39 is 11.7 Å². The summed E-state index contributed by atoms with van der Waals surface area (Å²) in [6.45, 7) is 5.90. The van der Waals surface area contributed by atoms with Crippen molar-refractivity contribution in [2.24, 2.45) is 0 Å². The molecule has 1 aromatic carbocycles. The molecule has 24 heavy (non-hydrogen) atoms. The van der Waals surface area contributed by atoms with E-state index in [-0.39, 0.29) is 10.9 Å². The fourth-order valence-electron chi connectivity index (χ4n) is 3.05. The van der Waals surface area contributed by atoms with Gasteiger partial charge in [-0.2, -0.15) is 13.2 Å². The van der Waals surface area contributed by atoms with Crippen LogP contribution in [-0.2, 0) is 12.7 Å². The van der Waals surface area contributed by atoms with Gasteiger partial charge in [0.2, 0.25) is 0 Å². The number of H-pyrrole nitrogens is 1. The quantitative estimate of drug-likeness (QED) is 0.914. The molecule has 1 N–H and O–H groups in total. The highest BCUT2D eigenvalue weighted by Crippen LogP contribution is 2.30. The second-order valence-corrected chi connectivity index (χ2v) is 6.40. The van der Waals surface area contributed by atoms with E-state index in [4.69, 9.17) is 0 Å². The third-order valence-corrected chi connectivity index (χ3v) is 4.62. The molecule has 1 saturated heterocycles. The zero-order valence-electron chi connectivity index (χ0n) is 13.7. The van der Waals surface area contributed by atoms with Crippen molar-refractivity contribution in [3.05, 3.63) is 45.2 Å². The molecule has 3 rings (SSSR count). The first-order valence-corrected chi connectivity index (χ1v) is 7.89. The second-order valence-electron chi connectivity index (χ2n) is 6.40. The van der Waals surface area contributed by atoms with E-state index in [1.54, 1.807) is 6.92 Å². The molecule has 1 aliphatic rings. The Hall–Kier alpha value is -1.86. The van der Waals surface area contributed by atoms with E-state index in [0.29, 0.717) is 23.2 Å². The first-order chi connectivity index (χ1) is 11.3. The largest absolute Gasteiger partial charge is 0.416 e. The summed E-state index contributed by atoms with van der Waals surface area (Å²) >= 11 is 0. The number of aromatic amines is 1. The van der Waals surface area contributed by atoms with Gasteiger partial charge in [0.15, 0.2) is 5.43 Å². The molecule has 2 heterocycles. The van der Waals surface area contributed by atoms with Gasteiger partial charge < -0.3 is 9.88 Å². The molecule has 0 spiro atoms. The number of nitrogens with one attached hydrogen (secondary N) is 1. The molecule has 0 unspecified atom stereocenters. The fraction of sp³-hybridized carbons (Fsp3) is 0.471. The van der Waals surface area contributed by atoms with Crippen LogP contribution >= 0.6 is 0 Å². The molecule has 0 bridgehead atoms. The Morgan fingerprint density at radius 1 is 1.17 bits per heavy atom. The van der Waals surface area contributed by atoms with Crippen molar-refractivity contribution in [1.82, 2.24) is 14.8 Å². The molecule has 4 nitrogen and oxygen atoms in total. The fourth-order valence-corrected chi connectivity index (χ4v) is 3.05. The lowest BCUT2D eigenvalue weighted by atomic mass is 10.1. The molecule has 0 atom stereocenters. The minimum absolute atomic E-state index is 0.186. The van der Waals surface area contributed by atoms with Crippen molar-refractivity contribution in [3.8, 4) is 0 Å². The molecule has 130 valence electrons. The average molecular weight is 339 g/mol. The van der Waals surface area contributed by atoms with Crippen molar-refractivity contribution in [2.75, 3.05) is 33.2 Å². The Labute approximate surface area is 137 Å². The van der Waals surface area contributed by atoms with Gasteiger partial charge in [0.25, 0.3) is 0 Å². The first kappa shape index (κ1) is 17.0. The van der Waals surface area contributed by atoms with Crippen LogP contribution in [0.1, 0.15) is 16.8 Å². The number of benzene rings is 1. The first-order valence-electron chi connectivity index (χ1n) is 7.89. The molecule has 1 aromatic heterocycles. The van der Waals surface area contributed by atoms with Gasteiger partial charge in [0.05, 0.1) is 11.1 Å². The molecule has 0 saturated carbocycles. The van der Waals surface area contributed by atoms with Crippen LogP contribution in [-0.4, -0.2) is 48.0 Å². The second kappa shape index (κ2) is 6.22. The molecule has 0 amide bonds. The van der Waals surface area contributed by atoms with Crippen molar-refractivity contribution in [2.45, 2.75) is 19.6 Å². The average Bonchev–Trinajstić information content (AvgIpc) is 2.52. The molecule has 0 radical (unpaired) electrons. The number of hydrogen-bond donors (Lipinski definition) is 1. The van der Waals surface area contributed by atoms with Gasteiger partial charge in [-0.1, -0.05) is 0 Å². The van der Waals surface area contributed by atoms with Crippen molar-refractivity contribution in [3.63, 3.8) is 0 Å². The minimum atomic E-state index is -4.42. The summed E-state index contributed by atoms with van der Waals surface area (Å²) in [6, 6.07) is 3.24. The highest BCUT2D eigenvalue weighted by molar-refractivity contribution is 5.80. The van der Waals surface area contributed by atoms with Gasteiger partial charge in [0, 0.05) is 49.4 Å². The van der Waals surface area contributed by atoms with Gasteiger partial charge in [0.1, 0.15) is 0 Å². The van der Waals surface area contributed by atoms with E-state index in [1.165, 1.54) is 6.07 Å². The summed E-state index contributed by atoms with van der Waals surface area (Å²) in [7, 11) is 2.06. The number of halogens is 3. The van der Waals surface area contributed by atoms with E-state index in [0.717, 1.165) is 38.3 Å². The van der Waals surface area contributed by atoms with E-state index in [2.05, 4.69) is 21.8 Å². The number of nitrogens with zero attached hydrogens (tertiary/aromatic N) is 2. The number of rotatable bonds is 2. The summed E-state index contributed by atoms with van der Waals surface area (Å²) in [5.41, 5.74) is 0.554. The lowest BCUT2D eigenvalue weighted by molar-refractivity contribution is -0.137. The minimum Gasteiger partial charge on any atom is -0.358 e. The Balaban J connectivity index is 1.97. The van der Waals surface area contributed by atoms with Crippen LogP contribution in [0.4, 0.5) is 13.2 Å². The Morgan fingerprint density at radius 2 is 1.83 bits per heavy atom. The predicted octanol–water partition coefficient (Wildman–Crippen LogP) is 2.60. The van der Waals surface area contributed by atoms with Crippen LogP contribution in [0.3, 0.4) is 0 Å². The summed E-state index contributed by atoms with van der Waals surface area (Å²) in [4.78, 5) is 20.1. The molecule has 0 aliphatic carbocycles. The van der Waals surface area contributed by atoms with Crippen LogP contribution in [0, 0.1) is 6.92 Å². The number of alkyl halides is 3. The Bertz CT molecular complexity index is 805. The normalized spacial score (nSPS) is 17.5. The third kappa shape index (κ3) is 3.32. The predicted molar refractivity (Wildman–Crippen MR) is 87.1 cm³/mol. The number of piperazine rings is 1. The number of pyridine rings is 1. The maximum Gasteiger partial charge on any atom is 0.416 e. The number of aryl methyl sites for hydroxylation is 1. The Kier molecular flexibility index (Phi) is 4.40. The zero-order chi connectivity index (χ0) is 17.5. The smallest absolute Gasteiger partial charge is 0.358 e. The SMILES string of the molecule is Cc1[nH]c2cc(C(F)(F)F)ccc2c(=O)c1CN1CCN(C)CC1. The van der Waals surface area contributed by atoms with E-state index in [1.807, 2.05) is 0 Å². The lowest BCUT2D eigenvalue weighted by Crippen LogP contribution is -2.44. The van der Waals surface area contributed by atoms with Gasteiger partial charge in [-0.3, -0.25) is 9.69 Å². The molecular formula is C17H20F3N3O. The van der Waals surface area contributed by atoms with Crippen LogP contribution in [0.2, 0.25) is 0 Å². The third-order valence-electron chi connectivity index (χ3n) is 4.62. The van der Waals surface area contributed by atoms with Crippen LogP contribution in [0.15, 0.2) is 23.0 Å². The number of fused-ring (bicyclic) bond motifs is 1. The summed E-state index contributed by atoms with van der Waals surface area (Å²) in [5, 5.41) is 0.303.